The van der Waals surface area contributed by atoms with Crippen LogP contribution < -0.4 is 20.3 Å². The van der Waals surface area contributed by atoms with Crippen molar-refractivity contribution in [2.24, 2.45) is 0 Å². The molecule has 4 nitrogen and oxygen atoms in total. The summed E-state index contributed by atoms with van der Waals surface area (Å²) in [5, 5.41) is 0. The molecule has 0 heterocycles. The van der Waals surface area contributed by atoms with E-state index in [0.29, 0.717) is 13.2 Å². The van der Waals surface area contributed by atoms with Gasteiger partial charge in [0.2, 0.25) is 0 Å². The first-order valence-corrected chi connectivity index (χ1v) is 6.80. The standard InChI is InChI=1S/C16H20N2O2/c1-3-19-15-11-7-5-9-13(15)17-18-14-10-6-8-12-16(14)20-4-2/h5-12,17-18H,3-4H2,1-2H3. The van der Waals surface area contributed by atoms with Gasteiger partial charge in [-0.3, -0.25) is 10.9 Å². The van der Waals surface area contributed by atoms with Crippen molar-refractivity contribution in [3.05, 3.63) is 48.5 Å². The molecule has 20 heavy (non-hydrogen) atoms. The second-order valence-corrected chi connectivity index (χ2v) is 4.11. The van der Waals surface area contributed by atoms with Crippen LogP contribution in [0.3, 0.4) is 0 Å². The predicted molar refractivity (Wildman–Crippen MR) is 82.5 cm³/mol. The normalized spacial score (nSPS) is 9.90. The average Bonchev–Trinajstić information content (AvgIpc) is 2.48. The molecule has 2 N–H and O–H groups in total. The molecule has 106 valence electrons. The van der Waals surface area contributed by atoms with Gasteiger partial charge in [-0.1, -0.05) is 24.3 Å². The zero-order chi connectivity index (χ0) is 14.2. The summed E-state index contributed by atoms with van der Waals surface area (Å²) in [7, 11) is 0. The van der Waals surface area contributed by atoms with Gasteiger partial charge in [-0.25, -0.2) is 0 Å². The maximum atomic E-state index is 5.57. The minimum Gasteiger partial charge on any atom is -0.492 e. The number of ether oxygens (including phenoxy) is 2. The van der Waals surface area contributed by atoms with E-state index in [1.54, 1.807) is 0 Å². The van der Waals surface area contributed by atoms with Crippen LogP contribution in [-0.2, 0) is 0 Å². The second-order valence-electron chi connectivity index (χ2n) is 4.11. The van der Waals surface area contributed by atoms with Crippen molar-refractivity contribution in [2.75, 3.05) is 24.1 Å². The third kappa shape index (κ3) is 3.57. The lowest BCUT2D eigenvalue weighted by molar-refractivity contribution is 0.341. The van der Waals surface area contributed by atoms with Crippen LogP contribution in [0, 0.1) is 0 Å². The number of nitrogens with one attached hydrogen (secondary N) is 2. The molecule has 0 fully saturated rings. The Morgan fingerprint density at radius 1 is 0.700 bits per heavy atom. The molecular formula is C16H20N2O2. The first kappa shape index (κ1) is 14.1. The molecule has 2 aromatic rings. The molecule has 0 aromatic heterocycles. The van der Waals surface area contributed by atoms with E-state index in [9.17, 15) is 0 Å². The van der Waals surface area contributed by atoms with Crippen LogP contribution in [0.5, 0.6) is 11.5 Å². The van der Waals surface area contributed by atoms with E-state index < -0.39 is 0 Å². The number of benzene rings is 2. The molecule has 2 rings (SSSR count). The lowest BCUT2D eigenvalue weighted by Gasteiger charge is -2.16. The fourth-order valence-electron chi connectivity index (χ4n) is 1.84. The molecule has 0 atom stereocenters. The Morgan fingerprint density at radius 3 is 1.50 bits per heavy atom. The van der Waals surface area contributed by atoms with E-state index in [-0.39, 0.29) is 0 Å². The topological polar surface area (TPSA) is 42.5 Å². The smallest absolute Gasteiger partial charge is 0.144 e. The summed E-state index contributed by atoms with van der Waals surface area (Å²) >= 11 is 0. The van der Waals surface area contributed by atoms with Gasteiger partial charge in [0.25, 0.3) is 0 Å². The molecule has 0 bridgehead atoms. The SMILES string of the molecule is CCOc1ccccc1NNc1ccccc1OCC. The summed E-state index contributed by atoms with van der Waals surface area (Å²) in [6.07, 6.45) is 0. The molecule has 0 spiro atoms. The van der Waals surface area contributed by atoms with Crippen molar-refractivity contribution in [3.63, 3.8) is 0 Å². The minimum atomic E-state index is 0.633. The largest absolute Gasteiger partial charge is 0.492 e. The van der Waals surface area contributed by atoms with Crippen LogP contribution in [0.15, 0.2) is 48.5 Å². The molecule has 0 aliphatic heterocycles. The number of hydrazine groups is 1. The van der Waals surface area contributed by atoms with Crippen LogP contribution in [0.4, 0.5) is 11.4 Å². The van der Waals surface area contributed by atoms with Crippen molar-refractivity contribution >= 4 is 11.4 Å². The summed E-state index contributed by atoms with van der Waals surface area (Å²) in [6.45, 7) is 5.20. The van der Waals surface area contributed by atoms with Crippen LogP contribution in [-0.4, -0.2) is 13.2 Å². The van der Waals surface area contributed by atoms with Gasteiger partial charge in [0, 0.05) is 0 Å². The summed E-state index contributed by atoms with van der Waals surface area (Å²) < 4.78 is 11.1. The molecule has 0 saturated heterocycles. The summed E-state index contributed by atoms with van der Waals surface area (Å²) in [5.41, 5.74) is 8.10. The van der Waals surface area contributed by atoms with Crippen LogP contribution >= 0.6 is 0 Å². The molecule has 0 unspecified atom stereocenters. The quantitative estimate of drug-likeness (QED) is 0.750. The average molecular weight is 272 g/mol. The van der Waals surface area contributed by atoms with Crippen molar-refractivity contribution in [3.8, 4) is 11.5 Å². The summed E-state index contributed by atoms with van der Waals surface area (Å²) in [5.74, 6) is 1.63. The Bertz CT molecular complexity index is 494. The first-order chi connectivity index (χ1) is 9.85. The highest BCUT2D eigenvalue weighted by molar-refractivity contribution is 5.63. The summed E-state index contributed by atoms with van der Waals surface area (Å²) in [6, 6.07) is 15.6. The van der Waals surface area contributed by atoms with Gasteiger partial charge in [0.05, 0.1) is 24.6 Å². The highest BCUT2D eigenvalue weighted by Gasteiger charge is 2.04. The molecule has 0 aliphatic carbocycles. The van der Waals surface area contributed by atoms with Crippen molar-refractivity contribution < 1.29 is 9.47 Å². The van der Waals surface area contributed by atoms with E-state index in [1.807, 2.05) is 62.4 Å². The van der Waals surface area contributed by atoms with Crippen LogP contribution in [0.25, 0.3) is 0 Å². The Kier molecular flexibility index (Phi) is 5.12. The van der Waals surface area contributed by atoms with Crippen molar-refractivity contribution in [1.82, 2.24) is 0 Å². The predicted octanol–water partition coefficient (Wildman–Crippen LogP) is 3.92. The van der Waals surface area contributed by atoms with Gasteiger partial charge in [-0.05, 0) is 38.1 Å². The van der Waals surface area contributed by atoms with E-state index in [0.717, 1.165) is 22.9 Å². The zero-order valence-corrected chi connectivity index (χ0v) is 11.8. The number of hydrogen-bond donors (Lipinski definition) is 2. The van der Waals surface area contributed by atoms with E-state index in [1.165, 1.54) is 0 Å². The van der Waals surface area contributed by atoms with Gasteiger partial charge in [0.15, 0.2) is 0 Å². The van der Waals surface area contributed by atoms with Gasteiger partial charge in [-0.2, -0.15) is 0 Å². The maximum Gasteiger partial charge on any atom is 0.144 e. The first-order valence-electron chi connectivity index (χ1n) is 6.80. The lowest BCUT2D eigenvalue weighted by atomic mass is 10.3. The van der Waals surface area contributed by atoms with Crippen molar-refractivity contribution in [1.29, 1.82) is 0 Å². The lowest BCUT2D eigenvalue weighted by Crippen LogP contribution is -2.11. The molecule has 0 saturated carbocycles. The molecule has 4 heteroatoms. The van der Waals surface area contributed by atoms with Crippen LogP contribution in [0.1, 0.15) is 13.8 Å². The molecule has 0 amide bonds. The number of hydrogen-bond acceptors (Lipinski definition) is 4. The second kappa shape index (κ2) is 7.28. The van der Waals surface area contributed by atoms with E-state index in [4.69, 9.17) is 9.47 Å². The highest BCUT2D eigenvalue weighted by atomic mass is 16.5. The zero-order valence-electron chi connectivity index (χ0n) is 11.8. The van der Waals surface area contributed by atoms with E-state index >= 15 is 0 Å². The maximum absolute atomic E-state index is 5.57. The Morgan fingerprint density at radius 2 is 1.10 bits per heavy atom. The van der Waals surface area contributed by atoms with Gasteiger partial charge >= 0.3 is 0 Å². The molecule has 0 radical (unpaired) electrons. The molecular weight excluding hydrogens is 252 g/mol. The molecule has 2 aromatic carbocycles. The van der Waals surface area contributed by atoms with Crippen molar-refractivity contribution in [2.45, 2.75) is 13.8 Å². The third-order valence-electron chi connectivity index (χ3n) is 2.71. The fraction of sp³-hybridized carbons (Fsp3) is 0.250. The van der Waals surface area contributed by atoms with Crippen LogP contribution in [0.2, 0.25) is 0 Å². The van der Waals surface area contributed by atoms with E-state index in [2.05, 4.69) is 10.9 Å². The Hall–Kier alpha value is -2.36. The number of para-hydroxylation sites is 4. The monoisotopic (exact) mass is 272 g/mol. The Labute approximate surface area is 119 Å². The van der Waals surface area contributed by atoms with Gasteiger partial charge < -0.3 is 9.47 Å². The van der Waals surface area contributed by atoms with Gasteiger partial charge in [0.1, 0.15) is 11.5 Å². The fourth-order valence-corrected chi connectivity index (χ4v) is 1.84. The summed E-state index contributed by atoms with van der Waals surface area (Å²) in [4.78, 5) is 0. The number of rotatable bonds is 7. The Balaban J connectivity index is 2.09. The molecule has 0 aliphatic rings. The van der Waals surface area contributed by atoms with Gasteiger partial charge in [-0.15, -0.1) is 0 Å². The third-order valence-corrected chi connectivity index (χ3v) is 2.71. The highest BCUT2D eigenvalue weighted by Crippen LogP contribution is 2.27. The number of anilines is 2. The minimum absolute atomic E-state index is 0.633.